The lowest BCUT2D eigenvalue weighted by molar-refractivity contribution is -0.140. The highest BCUT2D eigenvalue weighted by Crippen LogP contribution is 2.41. The van der Waals surface area contributed by atoms with Crippen LogP contribution in [0.4, 0.5) is 5.69 Å². The number of nitrogens with zero attached hydrogens (tertiary/aromatic N) is 3. The predicted molar refractivity (Wildman–Crippen MR) is 137 cm³/mol. The van der Waals surface area contributed by atoms with Gasteiger partial charge < -0.3 is 24.4 Å². The van der Waals surface area contributed by atoms with Gasteiger partial charge in [0.1, 0.15) is 17.6 Å². The SMILES string of the molecule is C[C@@H]1Cc2cc(/C(O)=C3\C(=O)C(=O)N(CCN4CCOCC4)[C@H]3c3ccc(N(C)C)cc3)ccc2O1. The van der Waals surface area contributed by atoms with E-state index in [9.17, 15) is 14.7 Å². The second kappa shape index (κ2) is 9.95. The van der Waals surface area contributed by atoms with E-state index in [1.165, 1.54) is 0 Å². The molecule has 3 aliphatic heterocycles. The van der Waals surface area contributed by atoms with Crippen LogP contribution >= 0.6 is 0 Å². The molecule has 2 saturated heterocycles. The largest absolute Gasteiger partial charge is 0.507 e. The summed E-state index contributed by atoms with van der Waals surface area (Å²) in [6.45, 7) is 5.93. The van der Waals surface area contributed by atoms with Crippen molar-refractivity contribution in [2.24, 2.45) is 0 Å². The number of ketones is 1. The molecular formula is C28H33N3O5. The molecule has 36 heavy (non-hydrogen) atoms. The number of aliphatic hydroxyl groups excluding tert-OH is 1. The van der Waals surface area contributed by atoms with E-state index in [0.717, 1.165) is 42.1 Å². The van der Waals surface area contributed by atoms with Crippen LogP contribution in [0.2, 0.25) is 0 Å². The smallest absolute Gasteiger partial charge is 0.295 e. The van der Waals surface area contributed by atoms with E-state index < -0.39 is 17.7 Å². The van der Waals surface area contributed by atoms with Gasteiger partial charge in [0.2, 0.25) is 0 Å². The topological polar surface area (TPSA) is 82.5 Å². The average Bonchev–Trinajstić information content (AvgIpc) is 3.38. The van der Waals surface area contributed by atoms with E-state index in [-0.39, 0.29) is 17.4 Å². The van der Waals surface area contributed by atoms with E-state index in [2.05, 4.69) is 4.90 Å². The molecule has 2 aromatic rings. The van der Waals surface area contributed by atoms with Crippen LogP contribution in [0.5, 0.6) is 5.75 Å². The lowest BCUT2D eigenvalue weighted by Gasteiger charge is -2.31. The third-order valence-electron chi connectivity index (χ3n) is 7.20. The molecule has 3 heterocycles. The van der Waals surface area contributed by atoms with E-state index >= 15 is 0 Å². The molecule has 190 valence electrons. The van der Waals surface area contributed by atoms with Gasteiger partial charge in [0.15, 0.2) is 0 Å². The van der Waals surface area contributed by atoms with Crippen molar-refractivity contribution in [1.82, 2.24) is 9.80 Å². The first-order valence-corrected chi connectivity index (χ1v) is 12.5. The minimum atomic E-state index is -0.661. The minimum Gasteiger partial charge on any atom is -0.507 e. The lowest BCUT2D eigenvalue weighted by Crippen LogP contribution is -2.42. The molecule has 2 aromatic carbocycles. The van der Waals surface area contributed by atoms with Crippen molar-refractivity contribution in [1.29, 1.82) is 0 Å². The summed E-state index contributed by atoms with van der Waals surface area (Å²) in [6, 6.07) is 12.6. The Bertz CT molecular complexity index is 1180. The van der Waals surface area contributed by atoms with Crippen molar-refractivity contribution in [2.75, 3.05) is 58.4 Å². The molecule has 1 N–H and O–H groups in total. The second-order valence-electron chi connectivity index (χ2n) is 9.89. The van der Waals surface area contributed by atoms with Gasteiger partial charge in [-0.05, 0) is 48.4 Å². The highest BCUT2D eigenvalue weighted by Gasteiger charge is 2.46. The Morgan fingerprint density at radius 3 is 2.47 bits per heavy atom. The Morgan fingerprint density at radius 2 is 1.78 bits per heavy atom. The van der Waals surface area contributed by atoms with E-state index in [1.54, 1.807) is 11.0 Å². The maximum atomic E-state index is 13.4. The number of carbonyl (C=O) groups excluding carboxylic acids is 2. The molecule has 0 radical (unpaired) electrons. The number of benzene rings is 2. The van der Waals surface area contributed by atoms with E-state index in [4.69, 9.17) is 9.47 Å². The van der Waals surface area contributed by atoms with Crippen LogP contribution in [0.25, 0.3) is 5.76 Å². The maximum absolute atomic E-state index is 13.4. The van der Waals surface area contributed by atoms with Gasteiger partial charge in [-0.25, -0.2) is 0 Å². The summed E-state index contributed by atoms with van der Waals surface area (Å²) >= 11 is 0. The second-order valence-corrected chi connectivity index (χ2v) is 9.89. The number of hydrogen-bond donors (Lipinski definition) is 1. The third kappa shape index (κ3) is 4.58. The molecule has 0 unspecified atom stereocenters. The molecule has 8 heteroatoms. The van der Waals surface area contributed by atoms with Gasteiger partial charge in [-0.3, -0.25) is 14.5 Å². The minimum absolute atomic E-state index is 0.0679. The molecule has 0 aliphatic carbocycles. The molecule has 0 saturated carbocycles. The maximum Gasteiger partial charge on any atom is 0.295 e. The Labute approximate surface area is 211 Å². The molecule has 2 fully saturated rings. The molecule has 1 amide bonds. The van der Waals surface area contributed by atoms with Crippen molar-refractivity contribution in [3.8, 4) is 5.75 Å². The number of Topliss-reactive ketones (excluding diaryl/α,β-unsaturated/α-hetero) is 1. The molecule has 0 bridgehead atoms. The number of likely N-dealkylation sites (tertiary alicyclic amines) is 1. The number of aliphatic hydroxyl groups is 1. The van der Waals surface area contributed by atoms with Crippen molar-refractivity contribution in [2.45, 2.75) is 25.5 Å². The average molecular weight is 492 g/mol. The Balaban J connectivity index is 1.53. The summed E-state index contributed by atoms with van der Waals surface area (Å²) in [5, 5.41) is 11.4. The van der Waals surface area contributed by atoms with Gasteiger partial charge in [-0.2, -0.15) is 0 Å². The fourth-order valence-corrected chi connectivity index (χ4v) is 5.21. The summed E-state index contributed by atoms with van der Waals surface area (Å²) in [5.74, 6) is -0.585. The summed E-state index contributed by atoms with van der Waals surface area (Å²) in [6.07, 6.45) is 0.804. The van der Waals surface area contributed by atoms with Crippen LogP contribution in [-0.2, 0) is 20.7 Å². The van der Waals surface area contributed by atoms with Gasteiger partial charge in [-0.1, -0.05) is 12.1 Å². The van der Waals surface area contributed by atoms with Crippen LogP contribution in [0.15, 0.2) is 48.0 Å². The number of hydrogen-bond acceptors (Lipinski definition) is 7. The molecule has 3 aliphatic rings. The summed E-state index contributed by atoms with van der Waals surface area (Å²) in [4.78, 5) is 32.5. The van der Waals surface area contributed by atoms with Gasteiger partial charge in [0.25, 0.3) is 11.7 Å². The predicted octanol–water partition coefficient (Wildman–Crippen LogP) is 2.83. The number of morpholine rings is 1. The number of amides is 1. The molecule has 8 nitrogen and oxygen atoms in total. The standard InChI is InChI=1S/C28H33N3O5/c1-18-16-21-17-20(6-9-23(21)36-18)26(32)24-25(19-4-7-22(8-5-19)29(2)3)31(28(34)27(24)33)11-10-30-12-14-35-15-13-30/h4-9,17-18,25,32H,10-16H2,1-3H3/b26-24+/t18-,25+/m1/s1. The summed E-state index contributed by atoms with van der Waals surface area (Å²) in [5.41, 5.74) is 3.44. The zero-order chi connectivity index (χ0) is 25.4. The Morgan fingerprint density at radius 1 is 1.06 bits per heavy atom. The van der Waals surface area contributed by atoms with Crippen molar-refractivity contribution in [3.05, 3.63) is 64.7 Å². The van der Waals surface area contributed by atoms with Gasteiger partial charge in [-0.15, -0.1) is 0 Å². The third-order valence-corrected chi connectivity index (χ3v) is 7.20. The quantitative estimate of drug-likeness (QED) is 0.378. The van der Waals surface area contributed by atoms with Gasteiger partial charge >= 0.3 is 0 Å². The zero-order valence-electron chi connectivity index (χ0n) is 21.1. The van der Waals surface area contributed by atoms with Crippen molar-refractivity contribution in [3.63, 3.8) is 0 Å². The summed E-state index contributed by atoms with van der Waals surface area (Å²) < 4.78 is 11.2. The molecule has 2 atom stereocenters. The zero-order valence-corrected chi connectivity index (χ0v) is 21.1. The van der Waals surface area contributed by atoms with E-state index in [0.29, 0.717) is 31.9 Å². The highest BCUT2D eigenvalue weighted by atomic mass is 16.5. The van der Waals surface area contributed by atoms with Gasteiger partial charge in [0, 0.05) is 57.9 Å². The Kier molecular flexibility index (Phi) is 6.73. The number of anilines is 1. The first kappa shape index (κ1) is 24.3. The van der Waals surface area contributed by atoms with Crippen LogP contribution in [0, 0.1) is 0 Å². The fourth-order valence-electron chi connectivity index (χ4n) is 5.21. The number of ether oxygens (including phenoxy) is 2. The molecule has 0 spiro atoms. The highest BCUT2D eigenvalue weighted by molar-refractivity contribution is 6.46. The monoisotopic (exact) mass is 491 g/mol. The lowest BCUT2D eigenvalue weighted by atomic mass is 9.94. The normalized spacial score (nSPS) is 23.6. The Hall–Kier alpha value is -3.36. The first-order valence-electron chi connectivity index (χ1n) is 12.5. The first-order chi connectivity index (χ1) is 17.3. The van der Waals surface area contributed by atoms with Crippen LogP contribution in [0.3, 0.4) is 0 Å². The van der Waals surface area contributed by atoms with Crippen LogP contribution in [0.1, 0.15) is 29.7 Å². The van der Waals surface area contributed by atoms with Crippen molar-refractivity contribution < 1.29 is 24.2 Å². The van der Waals surface area contributed by atoms with Gasteiger partial charge in [0.05, 0.1) is 24.8 Å². The van der Waals surface area contributed by atoms with Crippen LogP contribution < -0.4 is 9.64 Å². The summed E-state index contributed by atoms with van der Waals surface area (Å²) in [7, 11) is 3.92. The van der Waals surface area contributed by atoms with Crippen molar-refractivity contribution >= 4 is 23.1 Å². The number of rotatable bonds is 6. The van der Waals surface area contributed by atoms with Crippen LogP contribution in [-0.4, -0.2) is 86.2 Å². The molecular weight excluding hydrogens is 458 g/mol. The molecule has 5 rings (SSSR count). The fraction of sp³-hybridized carbons (Fsp3) is 0.429. The number of fused-ring (bicyclic) bond motifs is 1. The molecule has 0 aromatic heterocycles. The number of carbonyl (C=O) groups is 2. The van der Waals surface area contributed by atoms with E-state index in [1.807, 2.05) is 62.3 Å².